The van der Waals surface area contributed by atoms with Gasteiger partial charge >= 0.3 is 0 Å². The highest BCUT2D eigenvalue weighted by atomic mass is 16.6. The van der Waals surface area contributed by atoms with Gasteiger partial charge in [-0.3, -0.25) is 10.1 Å². The number of hydrogen-bond acceptors (Lipinski definition) is 4. The summed E-state index contributed by atoms with van der Waals surface area (Å²) in [4.78, 5) is 10.7. The molecule has 1 aliphatic rings. The van der Waals surface area contributed by atoms with E-state index in [0.29, 0.717) is 24.1 Å². The molecule has 1 fully saturated rings. The third-order valence-corrected chi connectivity index (χ3v) is 3.49. The highest BCUT2D eigenvalue weighted by molar-refractivity contribution is 5.45. The van der Waals surface area contributed by atoms with Crippen molar-refractivity contribution in [3.63, 3.8) is 0 Å². The summed E-state index contributed by atoms with van der Waals surface area (Å²) in [5.41, 5.74) is 0.919. The molecule has 5 heteroatoms. The second kappa shape index (κ2) is 5.35. The molecule has 1 aromatic carbocycles. The minimum atomic E-state index is -0.325. The minimum absolute atomic E-state index is 0.178. The van der Waals surface area contributed by atoms with E-state index in [1.807, 2.05) is 7.05 Å². The zero-order valence-electron chi connectivity index (χ0n) is 10.7. The van der Waals surface area contributed by atoms with Crippen molar-refractivity contribution in [3.8, 4) is 5.75 Å². The van der Waals surface area contributed by atoms with E-state index in [2.05, 4.69) is 5.32 Å². The standard InChI is InChI=1S/C13H18N2O3/c1-14-12(9-3-4-9)8-10-7-11(18-2)5-6-13(10)15(16)17/h5-7,9,12,14H,3-4,8H2,1-2H3. The first-order valence-corrected chi connectivity index (χ1v) is 6.14. The third kappa shape index (κ3) is 2.79. The van der Waals surface area contributed by atoms with Gasteiger partial charge in [0.15, 0.2) is 0 Å². The highest BCUT2D eigenvalue weighted by Crippen LogP contribution is 2.35. The Hall–Kier alpha value is -1.62. The fourth-order valence-corrected chi connectivity index (χ4v) is 2.27. The molecule has 1 unspecified atom stereocenters. The van der Waals surface area contributed by atoms with Crippen LogP contribution in [0.1, 0.15) is 18.4 Å². The van der Waals surface area contributed by atoms with Crippen molar-refractivity contribution in [1.29, 1.82) is 0 Å². The van der Waals surface area contributed by atoms with Crippen LogP contribution in [-0.2, 0) is 6.42 Å². The van der Waals surface area contributed by atoms with Crippen LogP contribution in [0.4, 0.5) is 5.69 Å². The van der Waals surface area contributed by atoms with Crippen molar-refractivity contribution >= 4 is 5.69 Å². The molecule has 0 heterocycles. The lowest BCUT2D eigenvalue weighted by atomic mass is 10.0. The van der Waals surface area contributed by atoms with Gasteiger partial charge in [0.2, 0.25) is 0 Å². The van der Waals surface area contributed by atoms with Gasteiger partial charge in [0.25, 0.3) is 5.69 Å². The predicted octanol–water partition coefficient (Wildman–Crippen LogP) is 2.14. The van der Waals surface area contributed by atoms with Crippen LogP contribution in [0.15, 0.2) is 18.2 Å². The van der Waals surface area contributed by atoms with Crippen LogP contribution < -0.4 is 10.1 Å². The molecule has 1 saturated carbocycles. The Morgan fingerprint density at radius 3 is 2.78 bits per heavy atom. The number of nitrogens with one attached hydrogen (secondary N) is 1. The van der Waals surface area contributed by atoms with Crippen molar-refractivity contribution in [1.82, 2.24) is 5.32 Å². The van der Waals surface area contributed by atoms with E-state index in [1.54, 1.807) is 19.2 Å². The maximum absolute atomic E-state index is 11.0. The molecule has 18 heavy (non-hydrogen) atoms. The first-order chi connectivity index (χ1) is 8.65. The molecule has 2 rings (SSSR count). The van der Waals surface area contributed by atoms with E-state index in [9.17, 15) is 10.1 Å². The molecular weight excluding hydrogens is 232 g/mol. The lowest BCUT2D eigenvalue weighted by molar-refractivity contribution is -0.385. The molecule has 1 atom stereocenters. The zero-order valence-corrected chi connectivity index (χ0v) is 10.7. The van der Waals surface area contributed by atoms with Crippen LogP contribution in [0.5, 0.6) is 5.75 Å². The molecule has 0 bridgehead atoms. The molecule has 0 radical (unpaired) electrons. The first kappa shape index (κ1) is 12.8. The largest absolute Gasteiger partial charge is 0.497 e. The average molecular weight is 250 g/mol. The van der Waals surface area contributed by atoms with Crippen LogP contribution >= 0.6 is 0 Å². The lowest BCUT2D eigenvalue weighted by Gasteiger charge is -2.15. The fraction of sp³-hybridized carbons (Fsp3) is 0.538. The van der Waals surface area contributed by atoms with Crippen molar-refractivity contribution in [3.05, 3.63) is 33.9 Å². The summed E-state index contributed by atoms with van der Waals surface area (Å²) in [7, 11) is 3.48. The van der Waals surface area contributed by atoms with Gasteiger partial charge in [0.05, 0.1) is 12.0 Å². The third-order valence-electron chi connectivity index (χ3n) is 3.49. The number of hydrogen-bond donors (Lipinski definition) is 1. The van der Waals surface area contributed by atoms with E-state index in [-0.39, 0.29) is 10.6 Å². The lowest BCUT2D eigenvalue weighted by Crippen LogP contribution is -2.29. The van der Waals surface area contributed by atoms with E-state index in [4.69, 9.17) is 4.74 Å². The summed E-state index contributed by atoms with van der Waals surface area (Å²) in [5, 5.41) is 14.3. The maximum atomic E-state index is 11.0. The Labute approximate surface area is 106 Å². The SMILES string of the molecule is CNC(Cc1cc(OC)ccc1[N+](=O)[O-])C1CC1. The summed E-state index contributed by atoms with van der Waals surface area (Å²) in [5.74, 6) is 1.32. The molecule has 0 amide bonds. The topological polar surface area (TPSA) is 64.4 Å². The number of nitrogens with zero attached hydrogens (tertiary/aromatic N) is 1. The number of rotatable bonds is 6. The van der Waals surface area contributed by atoms with Crippen molar-refractivity contribution in [2.45, 2.75) is 25.3 Å². The molecule has 0 saturated heterocycles. The monoisotopic (exact) mass is 250 g/mol. The Morgan fingerprint density at radius 2 is 2.28 bits per heavy atom. The van der Waals surface area contributed by atoms with E-state index >= 15 is 0 Å². The molecule has 98 valence electrons. The predicted molar refractivity (Wildman–Crippen MR) is 68.9 cm³/mol. The van der Waals surface area contributed by atoms with E-state index in [1.165, 1.54) is 18.9 Å². The van der Waals surface area contributed by atoms with Crippen LogP contribution in [-0.4, -0.2) is 25.1 Å². The van der Waals surface area contributed by atoms with Gasteiger partial charge in [-0.15, -0.1) is 0 Å². The Balaban J connectivity index is 2.24. The molecule has 1 aliphatic carbocycles. The molecule has 0 aliphatic heterocycles. The van der Waals surface area contributed by atoms with Gasteiger partial charge in [-0.05, 0) is 44.4 Å². The van der Waals surface area contributed by atoms with Crippen molar-refractivity contribution in [2.75, 3.05) is 14.2 Å². The number of nitro groups is 1. The van der Waals surface area contributed by atoms with Crippen molar-refractivity contribution in [2.24, 2.45) is 5.92 Å². The van der Waals surface area contributed by atoms with E-state index < -0.39 is 0 Å². The molecule has 0 spiro atoms. The van der Waals surface area contributed by atoms with Gasteiger partial charge < -0.3 is 10.1 Å². The zero-order chi connectivity index (χ0) is 13.1. The minimum Gasteiger partial charge on any atom is -0.497 e. The Kier molecular flexibility index (Phi) is 3.81. The van der Waals surface area contributed by atoms with Crippen molar-refractivity contribution < 1.29 is 9.66 Å². The number of nitro benzene ring substituents is 1. The summed E-state index contributed by atoms with van der Waals surface area (Å²) < 4.78 is 5.14. The van der Waals surface area contributed by atoms with Gasteiger partial charge in [-0.25, -0.2) is 0 Å². The Bertz CT molecular complexity index is 444. The maximum Gasteiger partial charge on any atom is 0.272 e. The van der Waals surface area contributed by atoms with Gasteiger partial charge in [-0.1, -0.05) is 0 Å². The second-order valence-corrected chi connectivity index (χ2v) is 4.69. The van der Waals surface area contributed by atoms with Gasteiger partial charge in [-0.2, -0.15) is 0 Å². The molecule has 1 aromatic rings. The number of benzene rings is 1. The summed E-state index contributed by atoms with van der Waals surface area (Å²) in [6.45, 7) is 0. The molecular formula is C13H18N2O3. The molecule has 5 nitrogen and oxygen atoms in total. The van der Waals surface area contributed by atoms with Gasteiger partial charge in [0, 0.05) is 17.7 Å². The second-order valence-electron chi connectivity index (χ2n) is 4.69. The van der Waals surface area contributed by atoms with Crippen LogP contribution in [0.25, 0.3) is 0 Å². The number of likely N-dealkylation sites (N-methyl/N-ethyl adjacent to an activating group) is 1. The average Bonchev–Trinajstić information content (AvgIpc) is 3.19. The number of methoxy groups -OCH3 is 1. The highest BCUT2D eigenvalue weighted by Gasteiger charge is 2.31. The summed E-state index contributed by atoms with van der Waals surface area (Å²) in [6.07, 6.45) is 3.10. The van der Waals surface area contributed by atoms with Crippen LogP contribution in [0.3, 0.4) is 0 Å². The quantitative estimate of drug-likeness (QED) is 0.620. The van der Waals surface area contributed by atoms with Gasteiger partial charge in [0.1, 0.15) is 5.75 Å². The fourth-order valence-electron chi connectivity index (χ4n) is 2.27. The summed E-state index contributed by atoms with van der Waals surface area (Å²) in [6, 6.07) is 5.24. The first-order valence-electron chi connectivity index (χ1n) is 6.14. The molecule has 0 aromatic heterocycles. The van der Waals surface area contributed by atoms with Crippen LogP contribution in [0.2, 0.25) is 0 Å². The number of ether oxygens (including phenoxy) is 1. The summed E-state index contributed by atoms with van der Waals surface area (Å²) >= 11 is 0. The van der Waals surface area contributed by atoms with E-state index in [0.717, 1.165) is 5.56 Å². The normalized spacial score (nSPS) is 16.3. The molecule has 1 N–H and O–H groups in total. The smallest absolute Gasteiger partial charge is 0.272 e. The van der Waals surface area contributed by atoms with Crippen LogP contribution in [0, 0.1) is 16.0 Å². The Morgan fingerprint density at radius 1 is 1.56 bits per heavy atom.